The number of nitrogens with one attached hydrogen (secondary N) is 2. The molecule has 4 N–H and O–H groups in total. The first kappa shape index (κ1) is 27.4. The van der Waals surface area contributed by atoms with Crippen LogP contribution in [0.4, 0.5) is 0 Å². The van der Waals surface area contributed by atoms with Crippen molar-refractivity contribution in [3.05, 3.63) is 71.9 Å². The molecular formula is C27H37ClN4O2. The molecule has 0 radical (unpaired) electrons. The number of likely N-dealkylation sites (tertiary alicyclic amines) is 1. The summed E-state index contributed by atoms with van der Waals surface area (Å²) in [5.74, 6) is -0.333. The molecule has 1 aromatic heterocycles. The Morgan fingerprint density at radius 1 is 1.03 bits per heavy atom. The second-order valence-electron chi connectivity index (χ2n) is 9.35. The number of halogens is 1. The van der Waals surface area contributed by atoms with Gasteiger partial charge in [-0.1, -0.05) is 54.1 Å². The molecule has 34 heavy (non-hydrogen) atoms. The molecule has 2 amide bonds. The minimum absolute atomic E-state index is 0. The van der Waals surface area contributed by atoms with Crippen LogP contribution in [0, 0.1) is 6.92 Å². The molecule has 1 unspecified atom stereocenters. The lowest BCUT2D eigenvalue weighted by molar-refractivity contribution is -0.138. The number of hydrogen-bond donors (Lipinski definition) is 3. The quantitative estimate of drug-likeness (QED) is 0.502. The van der Waals surface area contributed by atoms with Crippen LogP contribution in [0.1, 0.15) is 44.2 Å². The van der Waals surface area contributed by atoms with Crippen molar-refractivity contribution in [2.45, 2.75) is 58.0 Å². The molecule has 0 aliphatic carbocycles. The summed E-state index contributed by atoms with van der Waals surface area (Å²) in [7, 11) is 0. The fourth-order valence-electron chi connectivity index (χ4n) is 3.93. The summed E-state index contributed by atoms with van der Waals surface area (Å²) in [4.78, 5) is 30.6. The fourth-order valence-corrected chi connectivity index (χ4v) is 3.93. The number of para-hydroxylation sites is 1. The van der Waals surface area contributed by atoms with Gasteiger partial charge >= 0.3 is 0 Å². The molecule has 3 aromatic rings. The Labute approximate surface area is 208 Å². The molecule has 2 aromatic carbocycles. The van der Waals surface area contributed by atoms with Crippen molar-refractivity contribution in [3.8, 4) is 0 Å². The minimum atomic E-state index is -1.03. The Hall–Kier alpha value is -2.83. The Morgan fingerprint density at radius 2 is 1.65 bits per heavy atom. The van der Waals surface area contributed by atoms with Crippen LogP contribution in [-0.2, 0) is 16.0 Å². The van der Waals surface area contributed by atoms with Crippen LogP contribution in [0.3, 0.4) is 0 Å². The Balaban J connectivity index is 0.000000439. The maximum absolute atomic E-state index is 13.1. The molecule has 4 rings (SSSR count). The van der Waals surface area contributed by atoms with Gasteiger partial charge in [0.25, 0.3) is 0 Å². The molecule has 1 aliphatic heterocycles. The first-order chi connectivity index (χ1) is 15.8. The second kappa shape index (κ2) is 12.6. The van der Waals surface area contributed by atoms with E-state index in [-0.39, 0.29) is 24.2 Å². The first-order valence-electron chi connectivity index (χ1n) is 11.7. The van der Waals surface area contributed by atoms with E-state index in [1.165, 1.54) is 5.56 Å². The lowest BCUT2D eigenvalue weighted by Crippen LogP contribution is -2.57. The number of aryl methyl sites for hydroxylation is 1. The molecule has 1 fully saturated rings. The third kappa shape index (κ3) is 7.61. The van der Waals surface area contributed by atoms with Crippen LogP contribution < -0.4 is 11.1 Å². The molecular weight excluding hydrogens is 448 g/mol. The number of fused-ring (bicyclic) bond motifs is 1. The maximum atomic E-state index is 13.1. The molecule has 1 saturated heterocycles. The van der Waals surface area contributed by atoms with Gasteiger partial charge in [0.05, 0.1) is 5.54 Å². The van der Waals surface area contributed by atoms with Crippen LogP contribution in [0.15, 0.2) is 60.8 Å². The summed E-state index contributed by atoms with van der Waals surface area (Å²) in [5.41, 5.74) is 8.27. The number of piperidine rings is 1. The largest absolute Gasteiger partial charge is 0.361 e. The number of rotatable bonds is 5. The summed E-state index contributed by atoms with van der Waals surface area (Å²) < 4.78 is 0. The van der Waals surface area contributed by atoms with Crippen molar-refractivity contribution in [1.29, 1.82) is 0 Å². The number of H-pyrrole nitrogens is 1. The molecule has 0 spiro atoms. The van der Waals surface area contributed by atoms with Crippen molar-refractivity contribution >= 4 is 35.1 Å². The van der Waals surface area contributed by atoms with E-state index in [9.17, 15) is 9.59 Å². The topological polar surface area (TPSA) is 91.2 Å². The van der Waals surface area contributed by atoms with E-state index in [1.54, 1.807) is 13.8 Å². The van der Waals surface area contributed by atoms with Gasteiger partial charge in [0.1, 0.15) is 6.04 Å². The van der Waals surface area contributed by atoms with Gasteiger partial charge < -0.3 is 20.9 Å². The summed E-state index contributed by atoms with van der Waals surface area (Å²) in [6, 6.07) is 17.6. The van der Waals surface area contributed by atoms with Gasteiger partial charge in [0, 0.05) is 36.6 Å². The molecule has 2 heterocycles. The van der Waals surface area contributed by atoms with E-state index >= 15 is 0 Å². The standard InChI is InChI=1S/C20H28N4O2.C7H8.ClH/c1-20(2,21)19(26)23-17(18(25)24-10-6-3-7-11-24)12-14-13-22-16-9-5-4-8-15(14)16;1-7-5-3-2-4-6-7;/h4-5,8-9,13,17,22H,3,6-7,10-12,21H2,1-2H3,(H,23,26);2-6H,1H3;1H. The number of aromatic nitrogens is 1. The zero-order valence-electron chi connectivity index (χ0n) is 20.3. The van der Waals surface area contributed by atoms with Crippen LogP contribution >= 0.6 is 12.4 Å². The average Bonchev–Trinajstić information content (AvgIpc) is 3.22. The van der Waals surface area contributed by atoms with Crippen molar-refractivity contribution in [1.82, 2.24) is 15.2 Å². The average molecular weight is 485 g/mol. The predicted octanol–water partition coefficient (Wildman–Crippen LogP) is 4.36. The van der Waals surface area contributed by atoms with Crippen molar-refractivity contribution < 1.29 is 9.59 Å². The highest BCUT2D eigenvalue weighted by molar-refractivity contribution is 5.92. The summed E-state index contributed by atoms with van der Waals surface area (Å²) >= 11 is 0. The van der Waals surface area contributed by atoms with Crippen LogP contribution in [0.5, 0.6) is 0 Å². The first-order valence-corrected chi connectivity index (χ1v) is 11.7. The van der Waals surface area contributed by atoms with E-state index < -0.39 is 11.6 Å². The predicted molar refractivity (Wildman–Crippen MR) is 141 cm³/mol. The zero-order valence-corrected chi connectivity index (χ0v) is 21.2. The molecule has 0 saturated carbocycles. The third-order valence-electron chi connectivity index (χ3n) is 5.90. The number of hydrogen-bond acceptors (Lipinski definition) is 3. The Morgan fingerprint density at radius 3 is 2.24 bits per heavy atom. The van der Waals surface area contributed by atoms with E-state index in [0.29, 0.717) is 6.42 Å². The summed E-state index contributed by atoms with van der Waals surface area (Å²) in [6.07, 6.45) is 5.55. The van der Waals surface area contributed by atoms with Gasteiger partial charge in [-0.05, 0) is 51.7 Å². The monoisotopic (exact) mass is 484 g/mol. The lowest BCUT2D eigenvalue weighted by atomic mass is 10.00. The zero-order chi connectivity index (χ0) is 23.8. The third-order valence-corrected chi connectivity index (χ3v) is 5.90. The van der Waals surface area contributed by atoms with Crippen molar-refractivity contribution in [2.24, 2.45) is 5.73 Å². The SMILES string of the molecule is CC(C)(N)C(=O)NC(Cc1c[nH]c2ccccc12)C(=O)N1CCCCC1.Cc1ccccc1.Cl. The highest BCUT2D eigenvalue weighted by Gasteiger charge is 2.31. The molecule has 184 valence electrons. The smallest absolute Gasteiger partial charge is 0.245 e. The lowest BCUT2D eigenvalue weighted by Gasteiger charge is -2.32. The molecule has 1 atom stereocenters. The number of aromatic amines is 1. The normalized spacial score (nSPS) is 14.4. The number of nitrogens with zero attached hydrogens (tertiary/aromatic N) is 1. The van der Waals surface area contributed by atoms with Gasteiger partial charge in [-0.25, -0.2) is 0 Å². The Bertz CT molecular complexity index is 1050. The van der Waals surface area contributed by atoms with Gasteiger partial charge in [-0.15, -0.1) is 12.4 Å². The summed E-state index contributed by atoms with van der Waals surface area (Å²) in [6.45, 7) is 6.89. The van der Waals surface area contributed by atoms with E-state index in [1.807, 2.05) is 53.6 Å². The second-order valence-corrected chi connectivity index (χ2v) is 9.35. The number of amides is 2. The minimum Gasteiger partial charge on any atom is -0.361 e. The van der Waals surface area contributed by atoms with Crippen LogP contribution in [-0.4, -0.2) is 46.4 Å². The van der Waals surface area contributed by atoms with Gasteiger partial charge in [0.2, 0.25) is 11.8 Å². The van der Waals surface area contributed by atoms with Gasteiger partial charge in [0.15, 0.2) is 0 Å². The maximum Gasteiger partial charge on any atom is 0.245 e. The molecule has 6 nitrogen and oxygen atoms in total. The Kier molecular flexibility index (Phi) is 10.1. The number of carbonyl (C=O) groups excluding carboxylic acids is 2. The summed E-state index contributed by atoms with van der Waals surface area (Å²) in [5, 5.41) is 3.96. The van der Waals surface area contributed by atoms with E-state index in [2.05, 4.69) is 29.4 Å². The van der Waals surface area contributed by atoms with Crippen LogP contribution in [0.25, 0.3) is 10.9 Å². The highest BCUT2D eigenvalue weighted by Crippen LogP contribution is 2.20. The molecule has 0 bridgehead atoms. The molecule has 7 heteroatoms. The van der Waals surface area contributed by atoms with E-state index in [4.69, 9.17) is 5.73 Å². The van der Waals surface area contributed by atoms with Crippen molar-refractivity contribution in [3.63, 3.8) is 0 Å². The number of carbonyl (C=O) groups is 2. The van der Waals surface area contributed by atoms with Crippen molar-refractivity contribution in [2.75, 3.05) is 13.1 Å². The number of nitrogens with two attached hydrogens (primary N) is 1. The van der Waals surface area contributed by atoms with Gasteiger partial charge in [-0.2, -0.15) is 0 Å². The van der Waals surface area contributed by atoms with E-state index in [0.717, 1.165) is 48.8 Å². The number of benzene rings is 2. The highest BCUT2D eigenvalue weighted by atomic mass is 35.5. The fraction of sp³-hybridized carbons (Fsp3) is 0.407. The molecule has 1 aliphatic rings. The van der Waals surface area contributed by atoms with Gasteiger partial charge in [-0.3, -0.25) is 9.59 Å². The van der Waals surface area contributed by atoms with Crippen LogP contribution in [0.2, 0.25) is 0 Å².